The maximum Gasteiger partial charge on any atom is 0.356 e. The molecule has 0 unspecified atom stereocenters. The SMILES string of the molecule is COc1cccc(CN(C)c2ccc(Cl)c(C(=O)O)n2)c1. The first-order valence-corrected chi connectivity index (χ1v) is 6.63. The van der Waals surface area contributed by atoms with Crippen LogP contribution in [0.2, 0.25) is 5.02 Å². The van der Waals surface area contributed by atoms with Gasteiger partial charge in [-0.25, -0.2) is 9.78 Å². The minimum absolute atomic E-state index is 0.126. The molecule has 0 spiro atoms. The number of rotatable bonds is 5. The van der Waals surface area contributed by atoms with E-state index in [-0.39, 0.29) is 10.7 Å². The molecule has 21 heavy (non-hydrogen) atoms. The summed E-state index contributed by atoms with van der Waals surface area (Å²) in [6.45, 7) is 0.574. The Morgan fingerprint density at radius 1 is 1.38 bits per heavy atom. The first-order chi connectivity index (χ1) is 10.0. The standard InChI is InChI=1S/C15H15ClN2O3/c1-18(9-10-4-3-5-11(8-10)21-2)13-7-6-12(16)14(17-13)15(19)20/h3-8H,9H2,1-2H3,(H,19,20). The van der Waals surface area contributed by atoms with Crippen molar-refractivity contribution in [1.82, 2.24) is 4.98 Å². The number of ether oxygens (including phenoxy) is 1. The lowest BCUT2D eigenvalue weighted by Crippen LogP contribution is -2.19. The van der Waals surface area contributed by atoms with Gasteiger partial charge in [-0.2, -0.15) is 0 Å². The predicted octanol–water partition coefficient (Wildman–Crippen LogP) is 3.08. The lowest BCUT2D eigenvalue weighted by Gasteiger charge is -2.19. The molecule has 5 nitrogen and oxygen atoms in total. The fourth-order valence-electron chi connectivity index (χ4n) is 1.92. The number of aromatic nitrogens is 1. The molecule has 0 fully saturated rings. The molecule has 1 aromatic heterocycles. The van der Waals surface area contributed by atoms with E-state index >= 15 is 0 Å². The number of anilines is 1. The fraction of sp³-hybridized carbons (Fsp3) is 0.200. The van der Waals surface area contributed by atoms with E-state index in [2.05, 4.69) is 4.98 Å². The largest absolute Gasteiger partial charge is 0.497 e. The molecule has 6 heteroatoms. The average molecular weight is 307 g/mol. The summed E-state index contributed by atoms with van der Waals surface area (Å²) in [5.74, 6) is 0.174. The summed E-state index contributed by atoms with van der Waals surface area (Å²) in [5, 5.41) is 9.17. The molecule has 0 saturated carbocycles. The lowest BCUT2D eigenvalue weighted by atomic mass is 10.2. The van der Waals surface area contributed by atoms with Crippen molar-refractivity contribution in [3.63, 3.8) is 0 Å². The third-order valence-electron chi connectivity index (χ3n) is 2.98. The van der Waals surface area contributed by atoms with Gasteiger partial charge in [0.05, 0.1) is 12.1 Å². The van der Waals surface area contributed by atoms with Crippen LogP contribution in [0, 0.1) is 0 Å². The second-order valence-corrected chi connectivity index (χ2v) is 4.92. The Bertz CT molecular complexity index is 661. The minimum atomic E-state index is -1.14. The third-order valence-corrected chi connectivity index (χ3v) is 3.28. The maximum atomic E-state index is 11.1. The lowest BCUT2D eigenvalue weighted by molar-refractivity contribution is 0.0691. The van der Waals surface area contributed by atoms with Gasteiger partial charge in [0, 0.05) is 13.6 Å². The van der Waals surface area contributed by atoms with Gasteiger partial charge in [0.1, 0.15) is 11.6 Å². The summed E-state index contributed by atoms with van der Waals surface area (Å²) >= 11 is 5.82. The number of hydrogen-bond donors (Lipinski definition) is 1. The van der Waals surface area contributed by atoms with Gasteiger partial charge in [-0.3, -0.25) is 0 Å². The van der Waals surface area contributed by atoms with Crippen molar-refractivity contribution in [2.75, 3.05) is 19.1 Å². The van der Waals surface area contributed by atoms with Gasteiger partial charge in [-0.05, 0) is 29.8 Å². The zero-order valence-corrected chi connectivity index (χ0v) is 12.5. The van der Waals surface area contributed by atoms with E-state index in [0.717, 1.165) is 11.3 Å². The first kappa shape index (κ1) is 15.1. The smallest absolute Gasteiger partial charge is 0.356 e. The highest BCUT2D eigenvalue weighted by atomic mass is 35.5. The van der Waals surface area contributed by atoms with Crippen LogP contribution in [0.1, 0.15) is 16.1 Å². The van der Waals surface area contributed by atoms with Crippen LogP contribution in [0.4, 0.5) is 5.82 Å². The van der Waals surface area contributed by atoms with Gasteiger partial charge in [0.15, 0.2) is 5.69 Å². The van der Waals surface area contributed by atoms with E-state index in [1.54, 1.807) is 13.2 Å². The minimum Gasteiger partial charge on any atom is -0.497 e. The summed E-state index contributed by atoms with van der Waals surface area (Å²) in [4.78, 5) is 17.0. The molecule has 0 aliphatic heterocycles. The summed E-state index contributed by atoms with van der Waals surface area (Å²) in [7, 11) is 3.45. The van der Waals surface area contributed by atoms with Crippen molar-refractivity contribution in [3.05, 3.63) is 52.7 Å². The highest BCUT2D eigenvalue weighted by molar-refractivity contribution is 6.33. The number of hydrogen-bond acceptors (Lipinski definition) is 4. The number of halogens is 1. The number of benzene rings is 1. The van der Waals surface area contributed by atoms with E-state index in [1.165, 1.54) is 6.07 Å². The molecule has 0 atom stereocenters. The Morgan fingerprint density at radius 2 is 2.14 bits per heavy atom. The molecule has 1 heterocycles. The second-order valence-electron chi connectivity index (χ2n) is 4.51. The molecular formula is C15H15ClN2O3. The van der Waals surface area contributed by atoms with Crippen molar-refractivity contribution in [2.24, 2.45) is 0 Å². The zero-order valence-electron chi connectivity index (χ0n) is 11.7. The van der Waals surface area contributed by atoms with Crippen molar-refractivity contribution in [2.45, 2.75) is 6.54 Å². The highest BCUT2D eigenvalue weighted by Crippen LogP contribution is 2.21. The Hall–Kier alpha value is -2.27. The number of methoxy groups -OCH3 is 1. The summed E-state index contributed by atoms with van der Waals surface area (Å²) < 4.78 is 5.18. The number of carboxylic acids is 1. The van der Waals surface area contributed by atoms with Crippen LogP contribution in [0.25, 0.3) is 0 Å². The maximum absolute atomic E-state index is 11.1. The highest BCUT2D eigenvalue weighted by Gasteiger charge is 2.13. The first-order valence-electron chi connectivity index (χ1n) is 6.25. The molecule has 0 amide bonds. The summed E-state index contributed by atoms with van der Waals surface area (Å²) in [5.41, 5.74) is 0.886. The van der Waals surface area contributed by atoms with Crippen molar-refractivity contribution in [3.8, 4) is 5.75 Å². The van der Waals surface area contributed by atoms with E-state index in [9.17, 15) is 4.79 Å². The zero-order chi connectivity index (χ0) is 15.4. The number of carboxylic acid groups (broad SMARTS) is 1. The molecule has 1 aromatic carbocycles. The quantitative estimate of drug-likeness (QED) is 0.919. The number of aromatic carboxylic acids is 1. The molecular weight excluding hydrogens is 292 g/mol. The van der Waals surface area contributed by atoms with Gasteiger partial charge < -0.3 is 14.7 Å². The summed E-state index contributed by atoms with van der Waals surface area (Å²) in [6, 6.07) is 10.9. The van der Waals surface area contributed by atoms with Crippen LogP contribution < -0.4 is 9.64 Å². The van der Waals surface area contributed by atoms with E-state index in [1.807, 2.05) is 36.2 Å². The van der Waals surface area contributed by atoms with Crippen LogP contribution in [0.5, 0.6) is 5.75 Å². The molecule has 1 N–H and O–H groups in total. The Balaban J connectivity index is 2.21. The molecule has 0 bridgehead atoms. The molecule has 0 aliphatic carbocycles. The van der Waals surface area contributed by atoms with Gasteiger partial charge in [0.2, 0.25) is 0 Å². The fourth-order valence-corrected chi connectivity index (χ4v) is 2.11. The van der Waals surface area contributed by atoms with Crippen LogP contribution >= 0.6 is 11.6 Å². The van der Waals surface area contributed by atoms with Gasteiger partial charge in [0.25, 0.3) is 0 Å². The van der Waals surface area contributed by atoms with Gasteiger partial charge >= 0.3 is 5.97 Å². The van der Waals surface area contributed by atoms with Crippen LogP contribution in [-0.2, 0) is 6.54 Å². The molecule has 0 saturated heterocycles. The van der Waals surface area contributed by atoms with E-state index < -0.39 is 5.97 Å². The summed E-state index contributed by atoms with van der Waals surface area (Å²) in [6.07, 6.45) is 0. The monoisotopic (exact) mass is 306 g/mol. The number of nitrogens with zero attached hydrogens (tertiary/aromatic N) is 2. The van der Waals surface area contributed by atoms with Crippen molar-refractivity contribution in [1.29, 1.82) is 0 Å². The van der Waals surface area contributed by atoms with Gasteiger partial charge in [-0.15, -0.1) is 0 Å². The van der Waals surface area contributed by atoms with Crippen LogP contribution in [0.15, 0.2) is 36.4 Å². The molecule has 2 rings (SSSR count). The molecule has 0 aliphatic rings. The topological polar surface area (TPSA) is 62.7 Å². The Labute approximate surface area is 127 Å². The third kappa shape index (κ3) is 3.64. The predicted molar refractivity (Wildman–Crippen MR) is 81.3 cm³/mol. The Kier molecular flexibility index (Phi) is 4.65. The molecule has 0 radical (unpaired) electrons. The van der Waals surface area contributed by atoms with Crippen molar-refractivity contribution >= 4 is 23.4 Å². The second kappa shape index (κ2) is 6.45. The Morgan fingerprint density at radius 3 is 2.81 bits per heavy atom. The average Bonchev–Trinajstić information content (AvgIpc) is 2.47. The van der Waals surface area contributed by atoms with E-state index in [4.69, 9.17) is 21.4 Å². The number of pyridine rings is 1. The van der Waals surface area contributed by atoms with Gasteiger partial charge in [-0.1, -0.05) is 23.7 Å². The molecule has 2 aromatic rings. The normalized spacial score (nSPS) is 10.2. The van der Waals surface area contributed by atoms with Crippen molar-refractivity contribution < 1.29 is 14.6 Å². The van der Waals surface area contributed by atoms with Crippen LogP contribution in [0.3, 0.4) is 0 Å². The van der Waals surface area contributed by atoms with E-state index in [0.29, 0.717) is 12.4 Å². The number of carbonyl (C=O) groups is 1. The van der Waals surface area contributed by atoms with Crippen LogP contribution in [-0.4, -0.2) is 30.2 Å². The molecule has 110 valence electrons.